The monoisotopic (exact) mass is 154 g/mol. The van der Waals surface area contributed by atoms with Gasteiger partial charge >= 0.3 is 0 Å². The van der Waals surface area contributed by atoms with Crippen LogP contribution in [0.3, 0.4) is 0 Å². The summed E-state index contributed by atoms with van der Waals surface area (Å²) in [4.78, 5) is 0. The SMILES string of the molecule is C=C(C)/C(=C\CC)CC.CC. The van der Waals surface area contributed by atoms with E-state index in [1.54, 1.807) is 0 Å². The maximum Gasteiger partial charge on any atom is -0.0308 e. The predicted octanol–water partition coefficient (Wildman–Crippen LogP) is 4.34. The van der Waals surface area contributed by atoms with Crippen molar-refractivity contribution in [2.75, 3.05) is 0 Å². The number of allylic oxidation sites excluding steroid dienone is 3. The molecule has 0 rings (SSSR count). The Bertz CT molecular complexity index is 118. The van der Waals surface area contributed by atoms with Crippen LogP contribution in [0.4, 0.5) is 0 Å². The van der Waals surface area contributed by atoms with Gasteiger partial charge in [-0.3, -0.25) is 0 Å². The molecule has 0 aliphatic heterocycles. The maximum absolute atomic E-state index is 3.88. The quantitative estimate of drug-likeness (QED) is 0.531. The van der Waals surface area contributed by atoms with Gasteiger partial charge in [0, 0.05) is 0 Å². The van der Waals surface area contributed by atoms with Gasteiger partial charge in [0.1, 0.15) is 0 Å². The van der Waals surface area contributed by atoms with Crippen molar-refractivity contribution in [3.63, 3.8) is 0 Å². The van der Waals surface area contributed by atoms with Crippen LogP contribution in [0.1, 0.15) is 47.5 Å². The van der Waals surface area contributed by atoms with Crippen LogP contribution in [0.5, 0.6) is 0 Å². The summed E-state index contributed by atoms with van der Waals surface area (Å²) < 4.78 is 0. The zero-order valence-electron chi connectivity index (χ0n) is 8.70. The largest absolute Gasteiger partial charge is 0.0958 e. The van der Waals surface area contributed by atoms with Gasteiger partial charge in [0.25, 0.3) is 0 Å². The van der Waals surface area contributed by atoms with Gasteiger partial charge in [-0.25, -0.2) is 0 Å². The summed E-state index contributed by atoms with van der Waals surface area (Å²) in [7, 11) is 0. The van der Waals surface area contributed by atoms with Crippen molar-refractivity contribution < 1.29 is 0 Å². The van der Waals surface area contributed by atoms with Crippen molar-refractivity contribution in [2.45, 2.75) is 47.5 Å². The molecule has 0 aromatic carbocycles. The zero-order valence-corrected chi connectivity index (χ0v) is 8.70. The van der Waals surface area contributed by atoms with E-state index in [2.05, 4.69) is 33.4 Å². The molecule has 0 fully saturated rings. The van der Waals surface area contributed by atoms with Crippen molar-refractivity contribution in [2.24, 2.45) is 0 Å². The highest BCUT2D eigenvalue weighted by Gasteiger charge is 1.90. The minimum atomic E-state index is 1.11. The third-order valence-corrected chi connectivity index (χ3v) is 1.38. The third kappa shape index (κ3) is 7.38. The first-order valence-corrected chi connectivity index (χ1v) is 4.57. The molecule has 11 heavy (non-hydrogen) atoms. The highest BCUT2D eigenvalue weighted by Crippen LogP contribution is 2.10. The normalized spacial score (nSPS) is 10.1. The second kappa shape index (κ2) is 9.48. The molecule has 0 spiro atoms. The molecule has 0 bridgehead atoms. The minimum absolute atomic E-state index is 1.11. The van der Waals surface area contributed by atoms with Crippen molar-refractivity contribution in [3.05, 3.63) is 23.8 Å². The lowest BCUT2D eigenvalue weighted by Gasteiger charge is -2.00. The van der Waals surface area contributed by atoms with Crippen molar-refractivity contribution >= 4 is 0 Å². The van der Waals surface area contributed by atoms with Crippen molar-refractivity contribution in [1.82, 2.24) is 0 Å². The van der Waals surface area contributed by atoms with E-state index < -0.39 is 0 Å². The molecule has 0 unspecified atom stereocenters. The summed E-state index contributed by atoms with van der Waals surface area (Å²) in [6, 6.07) is 0. The molecule has 0 amide bonds. The average molecular weight is 154 g/mol. The molecule has 0 saturated heterocycles. The van der Waals surface area contributed by atoms with E-state index in [0.717, 1.165) is 12.8 Å². The first kappa shape index (κ1) is 13.1. The average Bonchev–Trinajstić information content (AvgIpc) is 2.03. The lowest BCUT2D eigenvalue weighted by molar-refractivity contribution is 1.07. The van der Waals surface area contributed by atoms with Crippen LogP contribution >= 0.6 is 0 Å². The van der Waals surface area contributed by atoms with Gasteiger partial charge in [-0.05, 0) is 25.3 Å². The standard InChI is InChI=1S/C9H16.C2H6/c1-5-7-9(6-2)8(3)4;1-2/h7H,3,5-6H2,1-2,4H3;1-2H3/b9-7-;. The van der Waals surface area contributed by atoms with Crippen LogP contribution in [0.15, 0.2) is 23.8 Å². The summed E-state index contributed by atoms with van der Waals surface area (Å²) >= 11 is 0. The van der Waals surface area contributed by atoms with Crippen molar-refractivity contribution in [1.29, 1.82) is 0 Å². The Morgan fingerprint density at radius 2 is 1.73 bits per heavy atom. The van der Waals surface area contributed by atoms with E-state index in [-0.39, 0.29) is 0 Å². The molecule has 0 aromatic rings. The third-order valence-electron chi connectivity index (χ3n) is 1.38. The van der Waals surface area contributed by atoms with Crippen LogP contribution in [0.25, 0.3) is 0 Å². The fraction of sp³-hybridized carbons (Fsp3) is 0.636. The Kier molecular flexibility index (Phi) is 11.3. The lowest BCUT2D eigenvalue weighted by atomic mass is 10.1. The van der Waals surface area contributed by atoms with Crippen LogP contribution in [-0.2, 0) is 0 Å². The van der Waals surface area contributed by atoms with E-state index in [1.165, 1.54) is 11.1 Å². The predicted molar refractivity (Wildman–Crippen MR) is 54.8 cm³/mol. The van der Waals surface area contributed by atoms with Crippen LogP contribution < -0.4 is 0 Å². The molecule has 0 aliphatic carbocycles. The van der Waals surface area contributed by atoms with Crippen LogP contribution in [0, 0.1) is 0 Å². The van der Waals surface area contributed by atoms with Gasteiger partial charge in [0.05, 0.1) is 0 Å². The molecular weight excluding hydrogens is 132 g/mol. The van der Waals surface area contributed by atoms with Gasteiger partial charge in [0.2, 0.25) is 0 Å². The van der Waals surface area contributed by atoms with E-state index in [1.807, 2.05) is 13.8 Å². The van der Waals surface area contributed by atoms with E-state index >= 15 is 0 Å². The fourth-order valence-electron chi connectivity index (χ4n) is 0.867. The van der Waals surface area contributed by atoms with E-state index in [4.69, 9.17) is 0 Å². The molecule has 0 N–H and O–H groups in total. The molecule has 66 valence electrons. The highest BCUT2D eigenvalue weighted by molar-refractivity contribution is 5.25. The Morgan fingerprint density at radius 1 is 1.27 bits per heavy atom. The summed E-state index contributed by atoms with van der Waals surface area (Å²) in [5.41, 5.74) is 2.61. The second-order valence-electron chi connectivity index (χ2n) is 2.27. The molecule has 0 radical (unpaired) electrons. The molecule has 0 heterocycles. The first-order valence-electron chi connectivity index (χ1n) is 4.57. The van der Waals surface area contributed by atoms with Crippen molar-refractivity contribution in [3.8, 4) is 0 Å². The molecule has 0 atom stereocenters. The van der Waals surface area contributed by atoms with Gasteiger partial charge < -0.3 is 0 Å². The van der Waals surface area contributed by atoms with E-state index in [0.29, 0.717) is 0 Å². The van der Waals surface area contributed by atoms with Gasteiger partial charge in [-0.2, -0.15) is 0 Å². The Hall–Kier alpha value is -0.520. The molecule has 0 aliphatic rings. The minimum Gasteiger partial charge on any atom is -0.0958 e. The van der Waals surface area contributed by atoms with Gasteiger partial charge in [-0.15, -0.1) is 0 Å². The zero-order chi connectivity index (χ0) is 9.28. The number of hydrogen-bond acceptors (Lipinski definition) is 0. The number of rotatable bonds is 3. The first-order chi connectivity index (χ1) is 5.22. The maximum atomic E-state index is 3.88. The molecule has 0 nitrogen and oxygen atoms in total. The van der Waals surface area contributed by atoms with Crippen LogP contribution in [-0.4, -0.2) is 0 Å². The second-order valence-corrected chi connectivity index (χ2v) is 2.27. The lowest BCUT2D eigenvalue weighted by Crippen LogP contribution is -1.79. The fourth-order valence-corrected chi connectivity index (χ4v) is 0.867. The molecular formula is C11H22. The summed E-state index contributed by atoms with van der Waals surface area (Å²) in [6.45, 7) is 14.3. The van der Waals surface area contributed by atoms with E-state index in [9.17, 15) is 0 Å². The summed E-state index contributed by atoms with van der Waals surface area (Å²) in [5, 5.41) is 0. The Labute approximate surface area is 72.0 Å². The number of hydrogen-bond donors (Lipinski definition) is 0. The smallest absolute Gasteiger partial charge is 0.0308 e. The van der Waals surface area contributed by atoms with Gasteiger partial charge in [-0.1, -0.05) is 45.9 Å². The molecule has 0 aromatic heterocycles. The van der Waals surface area contributed by atoms with Crippen LogP contribution in [0.2, 0.25) is 0 Å². The topological polar surface area (TPSA) is 0 Å². The molecule has 0 heteroatoms. The molecule has 0 saturated carbocycles. The Balaban J connectivity index is 0. The summed E-state index contributed by atoms with van der Waals surface area (Å²) in [5.74, 6) is 0. The van der Waals surface area contributed by atoms with Gasteiger partial charge in [0.15, 0.2) is 0 Å². The Morgan fingerprint density at radius 3 is 1.82 bits per heavy atom. The highest BCUT2D eigenvalue weighted by atomic mass is 14.0. The summed E-state index contributed by atoms with van der Waals surface area (Å²) in [6.07, 6.45) is 4.47.